The van der Waals surface area contributed by atoms with E-state index in [1.165, 1.54) is 4.31 Å². The lowest BCUT2D eigenvalue weighted by Crippen LogP contribution is -2.44. The van der Waals surface area contributed by atoms with Crippen LogP contribution in [0.5, 0.6) is 5.75 Å². The van der Waals surface area contributed by atoms with E-state index < -0.39 is 16.1 Å². The van der Waals surface area contributed by atoms with Crippen LogP contribution < -0.4 is 9.64 Å². The summed E-state index contributed by atoms with van der Waals surface area (Å²) in [7, 11) is 0.0170. The fraction of sp³-hybridized carbons (Fsp3) is 0.300. The predicted molar refractivity (Wildman–Crippen MR) is 151 cm³/mol. The van der Waals surface area contributed by atoms with Gasteiger partial charge in [-0.1, -0.05) is 24.3 Å². The number of hydrogen-bond donors (Lipinski definition) is 1. The van der Waals surface area contributed by atoms with Gasteiger partial charge in [0.15, 0.2) is 0 Å². The Kier molecular flexibility index (Phi) is 6.76. The summed E-state index contributed by atoms with van der Waals surface area (Å²) in [5, 5.41) is 12.9. The Hall–Kier alpha value is -3.50. The zero-order valence-corrected chi connectivity index (χ0v) is 22.9. The molecule has 4 aromatic rings. The Morgan fingerprint density at radius 3 is 2.44 bits per heavy atom. The second-order valence-electron chi connectivity index (χ2n) is 10.3. The largest absolute Gasteiger partial charge is 0.497 e. The van der Waals surface area contributed by atoms with Crippen molar-refractivity contribution in [3.8, 4) is 5.75 Å². The second kappa shape index (κ2) is 10.2. The van der Waals surface area contributed by atoms with Gasteiger partial charge in [0, 0.05) is 51.2 Å². The molecule has 0 radical (unpaired) electrons. The van der Waals surface area contributed by atoms with Crippen molar-refractivity contribution < 1.29 is 18.3 Å². The summed E-state index contributed by atoms with van der Waals surface area (Å²) in [4.78, 5) is 9.42. The highest BCUT2D eigenvalue weighted by Gasteiger charge is 2.32. The van der Waals surface area contributed by atoms with Crippen LogP contribution in [0.1, 0.15) is 28.5 Å². The summed E-state index contributed by atoms with van der Waals surface area (Å²) in [6.07, 6.45) is 0.797. The van der Waals surface area contributed by atoms with Crippen LogP contribution in [0, 0.1) is 0 Å². The molecule has 8 nitrogen and oxygen atoms in total. The second-order valence-corrected chi connectivity index (χ2v) is 12.3. The molecule has 2 aliphatic rings. The molecular weight excluding hydrogens is 512 g/mol. The Balaban J connectivity index is 1.21. The molecule has 1 fully saturated rings. The molecule has 0 aliphatic carbocycles. The maximum absolute atomic E-state index is 13.5. The molecule has 0 amide bonds. The van der Waals surface area contributed by atoms with E-state index in [2.05, 4.69) is 27.9 Å². The number of aliphatic hydroxyl groups excluding tert-OH is 1. The maximum Gasteiger partial charge on any atom is 0.243 e. The van der Waals surface area contributed by atoms with Crippen LogP contribution in [0.15, 0.2) is 77.8 Å². The van der Waals surface area contributed by atoms with Crippen molar-refractivity contribution >= 4 is 26.5 Å². The number of ether oxygens (including phenoxy) is 1. The van der Waals surface area contributed by atoms with Crippen molar-refractivity contribution in [3.63, 3.8) is 0 Å². The average molecular weight is 545 g/mol. The van der Waals surface area contributed by atoms with Gasteiger partial charge in [-0.3, -0.25) is 4.98 Å². The molecule has 9 heteroatoms. The van der Waals surface area contributed by atoms with Crippen LogP contribution in [0.25, 0.3) is 10.8 Å². The lowest BCUT2D eigenvalue weighted by molar-refractivity contribution is 0.215. The quantitative estimate of drug-likeness (QED) is 0.395. The molecule has 1 saturated heterocycles. The van der Waals surface area contributed by atoms with Gasteiger partial charge in [-0.25, -0.2) is 8.42 Å². The monoisotopic (exact) mass is 544 g/mol. The van der Waals surface area contributed by atoms with Crippen molar-refractivity contribution in [1.82, 2.24) is 14.2 Å². The van der Waals surface area contributed by atoms with Crippen molar-refractivity contribution in [3.05, 3.63) is 95.3 Å². The summed E-state index contributed by atoms with van der Waals surface area (Å²) in [6.45, 7) is 4.40. The highest BCUT2D eigenvalue weighted by atomic mass is 32.2. The SMILES string of the molecule is COc1ccc2cc(S(=O)(=O)N3Cc4cnc(C(O)c5cccc(N6CCN(C)CC6)c5)cc4C3)ccc2c1. The highest BCUT2D eigenvalue weighted by Crippen LogP contribution is 2.33. The maximum atomic E-state index is 13.5. The summed E-state index contributed by atoms with van der Waals surface area (Å²) in [5.41, 5.74) is 4.10. The number of nitrogens with zero attached hydrogens (tertiary/aromatic N) is 4. The zero-order valence-electron chi connectivity index (χ0n) is 22.1. The van der Waals surface area contributed by atoms with Gasteiger partial charge in [0.1, 0.15) is 11.9 Å². The molecule has 1 N–H and O–H groups in total. The number of anilines is 1. The molecule has 2 aliphatic heterocycles. The number of methoxy groups -OCH3 is 1. The van der Waals surface area contributed by atoms with Crippen molar-refractivity contribution in [2.75, 3.05) is 45.2 Å². The molecular formula is C30H32N4O4S. The standard InChI is InChI=1S/C30H32N4O4S/c1-32-10-12-33(13-11-32)26-5-3-4-23(14-26)30(35)29-17-24-19-34(20-25(24)18-31-29)39(36,37)28-9-7-21-15-27(38-2)8-6-22(21)16-28/h3-9,14-18,30,35H,10-13,19-20H2,1-2H3. The molecule has 3 heterocycles. The smallest absolute Gasteiger partial charge is 0.243 e. The number of likely N-dealkylation sites (N-methyl/N-ethyl adjacent to an activating group) is 1. The highest BCUT2D eigenvalue weighted by molar-refractivity contribution is 7.89. The number of piperazine rings is 1. The predicted octanol–water partition coefficient (Wildman–Crippen LogP) is 3.78. The lowest BCUT2D eigenvalue weighted by Gasteiger charge is -2.34. The number of sulfonamides is 1. The third kappa shape index (κ3) is 4.98. The van der Waals surface area contributed by atoms with E-state index in [0.717, 1.165) is 65.1 Å². The summed E-state index contributed by atoms with van der Waals surface area (Å²) < 4.78 is 33.8. The molecule has 1 unspecified atom stereocenters. The van der Waals surface area contributed by atoms with E-state index in [1.807, 2.05) is 42.5 Å². The van der Waals surface area contributed by atoms with Gasteiger partial charge in [-0.15, -0.1) is 0 Å². The van der Waals surface area contributed by atoms with E-state index in [1.54, 1.807) is 31.5 Å². The van der Waals surface area contributed by atoms with E-state index in [0.29, 0.717) is 5.69 Å². The van der Waals surface area contributed by atoms with Crippen LogP contribution in [-0.2, 0) is 23.1 Å². The van der Waals surface area contributed by atoms with Gasteiger partial charge in [0.05, 0.1) is 17.7 Å². The van der Waals surface area contributed by atoms with Crippen LogP contribution in [0.4, 0.5) is 5.69 Å². The molecule has 1 aromatic heterocycles. The molecule has 1 atom stereocenters. The molecule has 0 bridgehead atoms. The summed E-state index contributed by atoms with van der Waals surface area (Å²) in [6, 6.07) is 20.5. The minimum atomic E-state index is -3.72. The minimum absolute atomic E-state index is 0.238. The molecule has 0 saturated carbocycles. The number of aromatic nitrogens is 1. The number of aliphatic hydroxyl groups is 1. The Labute approximate surface area is 229 Å². The van der Waals surface area contributed by atoms with Crippen LogP contribution in [-0.4, -0.2) is 68.0 Å². The molecule has 0 spiro atoms. The normalized spacial score (nSPS) is 17.4. The number of fused-ring (bicyclic) bond motifs is 2. The summed E-state index contributed by atoms with van der Waals surface area (Å²) in [5.74, 6) is 0.727. The fourth-order valence-electron chi connectivity index (χ4n) is 5.35. The van der Waals surface area contributed by atoms with Crippen LogP contribution in [0.2, 0.25) is 0 Å². The first-order valence-corrected chi connectivity index (χ1v) is 14.5. The van der Waals surface area contributed by atoms with Crippen molar-refractivity contribution in [2.24, 2.45) is 0 Å². The van der Waals surface area contributed by atoms with Gasteiger partial charge >= 0.3 is 0 Å². The number of hydrogen-bond acceptors (Lipinski definition) is 7. The van der Waals surface area contributed by atoms with Gasteiger partial charge in [0.2, 0.25) is 10.0 Å². The first kappa shape index (κ1) is 25.8. The average Bonchev–Trinajstić information content (AvgIpc) is 3.41. The first-order chi connectivity index (χ1) is 18.8. The van der Waals surface area contributed by atoms with Gasteiger partial charge < -0.3 is 19.6 Å². The Bertz CT molecular complexity index is 1630. The number of rotatable bonds is 6. The fourth-order valence-corrected chi connectivity index (χ4v) is 6.79. The van der Waals surface area contributed by atoms with E-state index in [4.69, 9.17) is 4.74 Å². The van der Waals surface area contributed by atoms with Crippen LogP contribution >= 0.6 is 0 Å². The molecule has 39 heavy (non-hydrogen) atoms. The van der Waals surface area contributed by atoms with Gasteiger partial charge in [0.25, 0.3) is 0 Å². The van der Waals surface area contributed by atoms with Crippen molar-refractivity contribution in [1.29, 1.82) is 0 Å². The molecule has 202 valence electrons. The minimum Gasteiger partial charge on any atom is -0.497 e. The lowest BCUT2D eigenvalue weighted by atomic mass is 10.0. The van der Waals surface area contributed by atoms with Gasteiger partial charge in [-0.05, 0) is 77.0 Å². The Morgan fingerprint density at radius 1 is 0.897 bits per heavy atom. The van der Waals surface area contributed by atoms with Gasteiger partial charge in [-0.2, -0.15) is 4.31 Å². The number of pyridine rings is 1. The van der Waals surface area contributed by atoms with Crippen LogP contribution in [0.3, 0.4) is 0 Å². The third-order valence-electron chi connectivity index (χ3n) is 7.79. The number of benzene rings is 3. The first-order valence-electron chi connectivity index (χ1n) is 13.1. The summed E-state index contributed by atoms with van der Waals surface area (Å²) >= 11 is 0. The van der Waals surface area contributed by atoms with E-state index in [-0.39, 0.29) is 18.0 Å². The Morgan fingerprint density at radius 2 is 1.64 bits per heavy atom. The zero-order chi connectivity index (χ0) is 27.1. The van der Waals surface area contributed by atoms with E-state index >= 15 is 0 Å². The van der Waals surface area contributed by atoms with Crippen molar-refractivity contribution in [2.45, 2.75) is 24.1 Å². The molecule has 6 rings (SSSR count). The van der Waals surface area contributed by atoms with E-state index in [9.17, 15) is 13.5 Å². The topological polar surface area (TPSA) is 86.2 Å². The molecule has 3 aromatic carbocycles. The third-order valence-corrected chi connectivity index (χ3v) is 9.58.